The zero-order chi connectivity index (χ0) is 18.4. The van der Waals surface area contributed by atoms with Crippen LogP contribution in [0.15, 0.2) is 47.9 Å². The van der Waals surface area contributed by atoms with Crippen molar-refractivity contribution in [2.45, 2.75) is 18.9 Å². The molecule has 1 aromatic carbocycles. The Balaban J connectivity index is 1.80. The topological polar surface area (TPSA) is 106 Å². The van der Waals surface area contributed by atoms with E-state index in [-0.39, 0.29) is 30.1 Å². The average molecular weight is 353 g/mol. The maximum Gasteiger partial charge on any atom is 0.262 e. The standard InChI is InChI=1S/C19H19N3O4/c1-10(23)9-22-15(25)8-14(24)16(19(22)26)18-17-12(6-7-20-18)11-4-2-3-5-13(11)21-17/h2-5,18,20-21,23-24H,1,6-9H2. The van der Waals surface area contributed by atoms with Crippen LogP contribution in [0.25, 0.3) is 10.9 Å². The summed E-state index contributed by atoms with van der Waals surface area (Å²) in [4.78, 5) is 29.3. The minimum atomic E-state index is -0.613. The van der Waals surface area contributed by atoms with Crippen LogP contribution in [-0.4, -0.2) is 45.0 Å². The van der Waals surface area contributed by atoms with Crippen LogP contribution in [0.4, 0.5) is 0 Å². The maximum absolute atomic E-state index is 12.9. The van der Waals surface area contributed by atoms with Crippen molar-refractivity contribution in [3.05, 3.63) is 59.2 Å². The lowest BCUT2D eigenvalue weighted by molar-refractivity contribution is -0.144. The molecule has 1 atom stereocenters. The van der Waals surface area contributed by atoms with E-state index in [2.05, 4.69) is 16.9 Å². The molecule has 2 aliphatic heterocycles. The number of rotatable bonds is 3. The Kier molecular flexibility index (Phi) is 3.81. The highest BCUT2D eigenvalue weighted by atomic mass is 16.3. The molecular weight excluding hydrogens is 334 g/mol. The van der Waals surface area contributed by atoms with Crippen molar-refractivity contribution in [3.63, 3.8) is 0 Å². The van der Waals surface area contributed by atoms with E-state index in [9.17, 15) is 19.8 Å². The summed E-state index contributed by atoms with van der Waals surface area (Å²) in [5.41, 5.74) is 3.03. The first-order valence-corrected chi connectivity index (χ1v) is 8.43. The van der Waals surface area contributed by atoms with E-state index in [4.69, 9.17) is 0 Å². The number of fused-ring (bicyclic) bond motifs is 3. The summed E-state index contributed by atoms with van der Waals surface area (Å²) in [5, 5.41) is 24.2. The van der Waals surface area contributed by atoms with Gasteiger partial charge in [-0.2, -0.15) is 0 Å². The van der Waals surface area contributed by atoms with Gasteiger partial charge in [-0.05, 0) is 18.1 Å². The third kappa shape index (κ3) is 2.48. The molecule has 2 amide bonds. The first kappa shape index (κ1) is 16.4. The molecule has 3 heterocycles. The molecule has 1 aromatic heterocycles. The molecule has 26 heavy (non-hydrogen) atoms. The van der Waals surface area contributed by atoms with Gasteiger partial charge in [0.25, 0.3) is 5.91 Å². The summed E-state index contributed by atoms with van der Waals surface area (Å²) in [6, 6.07) is 7.34. The third-order valence-corrected chi connectivity index (χ3v) is 4.89. The summed E-state index contributed by atoms with van der Waals surface area (Å²) in [6.45, 7) is 3.71. The fraction of sp³-hybridized carbons (Fsp3) is 0.263. The Bertz CT molecular complexity index is 972. The summed E-state index contributed by atoms with van der Waals surface area (Å²) in [6.07, 6.45) is 0.524. The highest BCUT2D eigenvalue weighted by Gasteiger charge is 2.40. The van der Waals surface area contributed by atoms with Gasteiger partial charge in [-0.1, -0.05) is 24.8 Å². The molecule has 0 spiro atoms. The fourth-order valence-corrected chi connectivity index (χ4v) is 3.78. The molecule has 0 saturated carbocycles. The summed E-state index contributed by atoms with van der Waals surface area (Å²) >= 11 is 0. The van der Waals surface area contributed by atoms with Crippen LogP contribution < -0.4 is 5.32 Å². The molecule has 0 radical (unpaired) electrons. The minimum Gasteiger partial charge on any atom is -0.511 e. The number of para-hydroxylation sites is 1. The van der Waals surface area contributed by atoms with Crippen molar-refractivity contribution >= 4 is 22.7 Å². The molecule has 0 saturated heterocycles. The smallest absolute Gasteiger partial charge is 0.262 e. The fourth-order valence-electron chi connectivity index (χ4n) is 3.78. The Labute approximate surface area is 149 Å². The Morgan fingerprint density at radius 3 is 2.85 bits per heavy atom. The van der Waals surface area contributed by atoms with Crippen molar-refractivity contribution in [3.8, 4) is 0 Å². The van der Waals surface area contributed by atoms with E-state index in [1.54, 1.807) is 0 Å². The number of aliphatic hydroxyl groups excluding tert-OH is 2. The quantitative estimate of drug-likeness (QED) is 0.499. The van der Waals surface area contributed by atoms with Crippen molar-refractivity contribution in [2.24, 2.45) is 0 Å². The van der Waals surface area contributed by atoms with Crippen molar-refractivity contribution in [1.82, 2.24) is 15.2 Å². The molecule has 7 heteroatoms. The van der Waals surface area contributed by atoms with E-state index in [1.165, 1.54) is 0 Å². The number of aliphatic hydroxyl groups is 2. The van der Waals surface area contributed by atoms with Crippen molar-refractivity contribution in [1.29, 1.82) is 0 Å². The van der Waals surface area contributed by atoms with Gasteiger partial charge in [0.2, 0.25) is 5.91 Å². The molecule has 2 aromatic rings. The zero-order valence-electron chi connectivity index (χ0n) is 14.1. The molecule has 4 N–H and O–H groups in total. The molecule has 0 fully saturated rings. The number of nitrogens with zero attached hydrogens (tertiary/aromatic N) is 1. The lowest BCUT2D eigenvalue weighted by Gasteiger charge is -2.32. The molecular formula is C19H19N3O4. The lowest BCUT2D eigenvalue weighted by atomic mass is 9.90. The van der Waals surface area contributed by atoms with Gasteiger partial charge < -0.3 is 20.5 Å². The number of H-pyrrole nitrogens is 1. The van der Waals surface area contributed by atoms with Gasteiger partial charge in [-0.15, -0.1) is 0 Å². The maximum atomic E-state index is 12.9. The van der Waals surface area contributed by atoms with Crippen LogP contribution in [0.1, 0.15) is 23.7 Å². The molecule has 4 rings (SSSR count). The normalized spacial score (nSPS) is 20.6. The number of aromatic nitrogens is 1. The second-order valence-electron chi connectivity index (χ2n) is 6.59. The second kappa shape index (κ2) is 6.03. The van der Waals surface area contributed by atoms with E-state index in [0.717, 1.165) is 33.5 Å². The average Bonchev–Trinajstić information content (AvgIpc) is 2.98. The molecule has 7 nitrogen and oxygen atoms in total. The number of hydrogen-bond donors (Lipinski definition) is 4. The van der Waals surface area contributed by atoms with Gasteiger partial charge in [0.05, 0.1) is 24.6 Å². The molecule has 1 unspecified atom stereocenters. The van der Waals surface area contributed by atoms with Crippen LogP contribution in [-0.2, 0) is 16.0 Å². The first-order valence-electron chi connectivity index (χ1n) is 8.43. The zero-order valence-corrected chi connectivity index (χ0v) is 14.1. The number of hydrogen-bond acceptors (Lipinski definition) is 5. The Morgan fingerprint density at radius 1 is 1.31 bits per heavy atom. The van der Waals surface area contributed by atoms with Crippen molar-refractivity contribution < 1.29 is 19.8 Å². The second-order valence-corrected chi connectivity index (χ2v) is 6.59. The number of carbonyl (C=O) groups excluding carboxylic acids is 2. The summed E-state index contributed by atoms with van der Waals surface area (Å²) < 4.78 is 0. The van der Waals surface area contributed by atoms with Gasteiger partial charge in [0.1, 0.15) is 11.5 Å². The SMILES string of the molecule is C=C(O)CN1C(=O)CC(O)=C(C2NCCc3c2[nH]c2ccccc32)C1=O. The van der Waals surface area contributed by atoms with Gasteiger partial charge >= 0.3 is 0 Å². The van der Waals surface area contributed by atoms with Crippen LogP contribution in [0.3, 0.4) is 0 Å². The highest BCUT2D eigenvalue weighted by Crippen LogP contribution is 2.36. The number of imide groups is 1. The van der Waals surface area contributed by atoms with Crippen LogP contribution >= 0.6 is 0 Å². The largest absolute Gasteiger partial charge is 0.511 e. The minimum absolute atomic E-state index is 0.137. The highest BCUT2D eigenvalue weighted by molar-refractivity contribution is 6.09. The van der Waals surface area contributed by atoms with Crippen molar-refractivity contribution in [2.75, 3.05) is 13.1 Å². The summed E-state index contributed by atoms with van der Waals surface area (Å²) in [5.74, 6) is -1.68. The molecule has 2 aliphatic rings. The number of benzene rings is 1. The predicted octanol–water partition coefficient (Wildman–Crippen LogP) is 2.00. The molecule has 0 bridgehead atoms. The monoisotopic (exact) mass is 353 g/mol. The van der Waals surface area contributed by atoms with E-state index >= 15 is 0 Å². The number of amides is 2. The van der Waals surface area contributed by atoms with Gasteiger partial charge in [0.15, 0.2) is 0 Å². The number of carbonyl (C=O) groups is 2. The van der Waals surface area contributed by atoms with Gasteiger partial charge in [0, 0.05) is 23.1 Å². The molecule has 134 valence electrons. The first-order chi connectivity index (χ1) is 12.5. The molecule has 0 aliphatic carbocycles. The van der Waals surface area contributed by atoms with Crippen LogP contribution in [0.5, 0.6) is 0 Å². The lowest BCUT2D eigenvalue weighted by Crippen LogP contribution is -2.46. The number of nitrogens with one attached hydrogen (secondary N) is 2. The van der Waals surface area contributed by atoms with E-state index in [1.807, 2.05) is 24.3 Å². The van der Waals surface area contributed by atoms with E-state index < -0.39 is 17.9 Å². The van der Waals surface area contributed by atoms with Gasteiger partial charge in [-0.3, -0.25) is 14.5 Å². The number of aromatic amines is 1. The van der Waals surface area contributed by atoms with Gasteiger partial charge in [-0.25, -0.2) is 0 Å². The summed E-state index contributed by atoms with van der Waals surface area (Å²) in [7, 11) is 0. The predicted molar refractivity (Wildman–Crippen MR) is 95.5 cm³/mol. The van der Waals surface area contributed by atoms with Crippen LogP contribution in [0.2, 0.25) is 0 Å². The van der Waals surface area contributed by atoms with E-state index in [0.29, 0.717) is 6.54 Å². The third-order valence-electron chi connectivity index (χ3n) is 4.89. The van der Waals surface area contributed by atoms with Crippen LogP contribution in [0, 0.1) is 0 Å². The Hall–Kier alpha value is -3.06. The Morgan fingerprint density at radius 2 is 2.08 bits per heavy atom.